The van der Waals surface area contributed by atoms with Crippen LogP contribution in [0, 0.1) is 10.1 Å². The molecule has 90 valence electrons. The predicted octanol–water partition coefficient (Wildman–Crippen LogP) is 1.40. The van der Waals surface area contributed by atoms with Crippen molar-refractivity contribution in [3.05, 3.63) is 52.0 Å². The van der Waals surface area contributed by atoms with Crippen molar-refractivity contribution >= 4 is 15.8 Å². The lowest BCUT2D eigenvalue weighted by Gasteiger charge is -2.08. The van der Waals surface area contributed by atoms with Gasteiger partial charge in [-0.25, -0.2) is 0 Å². The Bertz CT molecular complexity index is 606. The van der Waals surface area contributed by atoms with Gasteiger partial charge in [0.25, 0.3) is 15.8 Å². The van der Waals surface area contributed by atoms with Crippen molar-refractivity contribution < 1.29 is 22.6 Å². The molecule has 0 bridgehead atoms. The van der Waals surface area contributed by atoms with Crippen LogP contribution in [0.25, 0.3) is 0 Å². The van der Waals surface area contributed by atoms with E-state index in [9.17, 15) is 18.5 Å². The van der Waals surface area contributed by atoms with Gasteiger partial charge in [-0.15, -0.1) is 0 Å². The van der Waals surface area contributed by atoms with Crippen LogP contribution < -0.4 is 0 Å². The summed E-state index contributed by atoms with van der Waals surface area (Å²) >= 11 is 0. The van der Waals surface area contributed by atoms with Crippen molar-refractivity contribution in [2.45, 2.75) is 5.25 Å². The van der Waals surface area contributed by atoms with E-state index in [1.165, 1.54) is 18.2 Å². The number of nitrogens with zero attached hydrogens (tertiary/aromatic N) is 1. The minimum atomic E-state index is -4.41. The van der Waals surface area contributed by atoms with E-state index in [0.717, 1.165) is 12.3 Å². The van der Waals surface area contributed by atoms with E-state index in [0.29, 0.717) is 0 Å². The van der Waals surface area contributed by atoms with Crippen LogP contribution in [-0.2, 0) is 14.9 Å². The summed E-state index contributed by atoms with van der Waals surface area (Å²) in [4.78, 5) is 9.91. The number of rotatable bonds is 4. The van der Waals surface area contributed by atoms with Crippen molar-refractivity contribution in [2.24, 2.45) is 0 Å². The van der Waals surface area contributed by atoms with E-state index in [-0.39, 0.29) is 17.0 Å². The SMILES string of the molecule is O=[N+]([O-])c1cccc([C@@H](C2=CO2)S(=O)(=O)O)c1. The van der Waals surface area contributed by atoms with Crippen LogP contribution >= 0.6 is 0 Å². The van der Waals surface area contributed by atoms with Crippen molar-refractivity contribution in [1.29, 1.82) is 0 Å². The van der Waals surface area contributed by atoms with Gasteiger partial charge in [-0.2, -0.15) is 8.42 Å². The Morgan fingerprint density at radius 2 is 2.06 bits per heavy atom. The third-order valence-electron chi connectivity index (χ3n) is 2.19. The number of non-ortho nitro benzene ring substituents is 1. The maximum atomic E-state index is 11.2. The van der Waals surface area contributed by atoms with Crippen LogP contribution in [0.5, 0.6) is 0 Å². The molecule has 7 nitrogen and oxygen atoms in total. The molecule has 0 aromatic heterocycles. The zero-order chi connectivity index (χ0) is 12.6. The van der Waals surface area contributed by atoms with Gasteiger partial charge in [-0.3, -0.25) is 14.7 Å². The average Bonchev–Trinajstić information content (AvgIpc) is 3.00. The topological polar surface area (TPSA) is 110 Å². The molecule has 0 saturated carbocycles. The monoisotopic (exact) mass is 257 g/mol. The third kappa shape index (κ3) is 2.43. The molecule has 0 fully saturated rings. The standard InChI is InChI=1S/C9H7NO6S/c11-10(12)7-3-1-2-6(4-7)9(8-5-16-8)17(13,14)15/h1-5,9H,(H,13,14,15)/t9-/m0/s1. The molecule has 1 aromatic rings. The normalized spacial score (nSPS) is 15.7. The van der Waals surface area contributed by atoms with Gasteiger partial charge in [0.2, 0.25) is 0 Å². The van der Waals surface area contributed by atoms with E-state index < -0.39 is 20.3 Å². The summed E-state index contributed by atoms with van der Waals surface area (Å²) in [5.74, 6) is 0.0630. The van der Waals surface area contributed by atoms with Gasteiger partial charge < -0.3 is 4.74 Å². The number of hydrogen-bond acceptors (Lipinski definition) is 5. The van der Waals surface area contributed by atoms with E-state index in [1.807, 2.05) is 0 Å². The molecular formula is C9H7NO6S. The lowest BCUT2D eigenvalue weighted by molar-refractivity contribution is -0.384. The maximum Gasteiger partial charge on any atom is 0.279 e. The van der Waals surface area contributed by atoms with E-state index >= 15 is 0 Å². The second-order valence-corrected chi connectivity index (χ2v) is 4.89. The number of nitro benzene ring substituents is 1. The van der Waals surface area contributed by atoms with Crippen LogP contribution in [0.3, 0.4) is 0 Å². The van der Waals surface area contributed by atoms with Crippen molar-refractivity contribution in [3.8, 4) is 0 Å². The van der Waals surface area contributed by atoms with Crippen LogP contribution in [0.4, 0.5) is 5.69 Å². The Balaban J connectivity index is 2.47. The summed E-state index contributed by atoms with van der Waals surface area (Å²) in [5.41, 5.74) is -0.164. The fourth-order valence-electron chi connectivity index (χ4n) is 1.44. The minimum absolute atomic E-state index is 0.0630. The van der Waals surface area contributed by atoms with Crippen LogP contribution in [0.2, 0.25) is 0 Å². The largest absolute Gasteiger partial charge is 0.461 e. The lowest BCUT2D eigenvalue weighted by atomic mass is 10.1. The van der Waals surface area contributed by atoms with Gasteiger partial charge in [0.15, 0.2) is 11.0 Å². The Morgan fingerprint density at radius 3 is 2.53 bits per heavy atom. The first-order valence-electron chi connectivity index (χ1n) is 4.47. The molecule has 1 N–H and O–H groups in total. The predicted molar refractivity (Wildman–Crippen MR) is 56.6 cm³/mol. The maximum absolute atomic E-state index is 11.2. The first kappa shape index (κ1) is 11.6. The van der Waals surface area contributed by atoms with Crippen molar-refractivity contribution in [3.63, 3.8) is 0 Å². The van der Waals surface area contributed by atoms with Gasteiger partial charge in [-0.1, -0.05) is 12.1 Å². The molecule has 0 spiro atoms. The molecule has 1 aromatic carbocycles. The minimum Gasteiger partial charge on any atom is -0.461 e. The number of ether oxygens (including phenoxy) is 1. The Hall–Kier alpha value is -1.93. The molecule has 1 heterocycles. The number of nitro groups is 1. The summed E-state index contributed by atoms with van der Waals surface area (Å²) in [6.07, 6.45) is 1.16. The molecule has 1 aliphatic heterocycles. The zero-order valence-electron chi connectivity index (χ0n) is 8.31. The summed E-state index contributed by atoms with van der Waals surface area (Å²) in [7, 11) is -4.41. The Labute approximate surface area is 96.2 Å². The van der Waals surface area contributed by atoms with Gasteiger partial charge in [0, 0.05) is 12.1 Å². The van der Waals surface area contributed by atoms with Gasteiger partial charge in [0.1, 0.15) is 6.26 Å². The highest BCUT2D eigenvalue weighted by atomic mass is 32.2. The third-order valence-corrected chi connectivity index (χ3v) is 3.29. The molecule has 0 amide bonds. The molecule has 0 unspecified atom stereocenters. The summed E-state index contributed by atoms with van der Waals surface area (Å²) in [6, 6.07) is 5.02. The zero-order valence-corrected chi connectivity index (χ0v) is 9.12. The lowest BCUT2D eigenvalue weighted by Crippen LogP contribution is -2.11. The molecule has 1 aliphatic rings. The Morgan fingerprint density at radius 1 is 1.41 bits per heavy atom. The highest BCUT2D eigenvalue weighted by molar-refractivity contribution is 7.86. The van der Waals surface area contributed by atoms with Crippen LogP contribution in [0.15, 0.2) is 36.3 Å². The van der Waals surface area contributed by atoms with Gasteiger partial charge in [-0.05, 0) is 5.56 Å². The summed E-state index contributed by atoms with van der Waals surface area (Å²) in [5, 5.41) is 9.16. The Kier molecular flexibility index (Phi) is 2.60. The van der Waals surface area contributed by atoms with Crippen molar-refractivity contribution in [1.82, 2.24) is 0 Å². The average molecular weight is 257 g/mol. The molecule has 0 saturated heterocycles. The second-order valence-electron chi connectivity index (χ2n) is 3.39. The number of hydrogen-bond donors (Lipinski definition) is 1. The molecule has 0 radical (unpaired) electrons. The molecule has 2 rings (SSSR count). The smallest absolute Gasteiger partial charge is 0.279 e. The molecular weight excluding hydrogens is 250 g/mol. The van der Waals surface area contributed by atoms with Gasteiger partial charge in [0.05, 0.1) is 4.92 Å². The highest BCUT2D eigenvalue weighted by Crippen LogP contribution is 2.37. The van der Waals surface area contributed by atoms with Crippen LogP contribution in [-0.4, -0.2) is 17.9 Å². The quantitative estimate of drug-likeness (QED) is 0.495. The first-order chi connectivity index (χ1) is 7.89. The number of benzene rings is 1. The van der Waals surface area contributed by atoms with E-state index in [2.05, 4.69) is 4.74 Å². The fraction of sp³-hybridized carbons (Fsp3) is 0.111. The van der Waals surface area contributed by atoms with Crippen molar-refractivity contribution in [2.75, 3.05) is 0 Å². The van der Waals surface area contributed by atoms with Gasteiger partial charge >= 0.3 is 0 Å². The first-order valence-corrected chi connectivity index (χ1v) is 5.97. The summed E-state index contributed by atoms with van der Waals surface area (Å²) < 4.78 is 36.0. The second kappa shape index (κ2) is 3.82. The fourth-order valence-corrected chi connectivity index (χ4v) is 2.34. The molecule has 8 heteroatoms. The summed E-state index contributed by atoms with van der Waals surface area (Å²) in [6.45, 7) is 0. The highest BCUT2D eigenvalue weighted by Gasteiger charge is 2.36. The van der Waals surface area contributed by atoms with E-state index in [1.54, 1.807) is 0 Å². The molecule has 17 heavy (non-hydrogen) atoms. The van der Waals surface area contributed by atoms with Crippen LogP contribution in [0.1, 0.15) is 10.8 Å². The molecule has 1 atom stereocenters. The molecule has 0 aliphatic carbocycles. The van der Waals surface area contributed by atoms with E-state index in [4.69, 9.17) is 4.55 Å².